The summed E-state index contributed by atoms with van der Waals surface area (Å²) in [5.41, 5.74) is 2.87. The first-order chi connectivity index (χ1) is 15.0. The predicted octanol–water partition coefficient (Wildman–Crippen LogP) is 3.31. The van der Waals surface area contributed by atoms with E-state index in [1.807, 2.05) is 31.2 Å². The van der Waals surface area contributed by atoms with Gasteiger partial charge < -0.3 is 4.90 Å². The number of hydrogen-bond acceptors (Lipinski definition) is 5. The van der Waals surface area contributed by atoms with E-state index < -0.39 is 16.1 Å². The van der Waals surface area contributed by atoms with Crippen LogP contribution in [0, 0.1) is 6.92 Å². The lowest BCUT2D eigenvalue weighted by Gasteiger charge is -2.25. The molecule has 158 valence electrons. The molecule has 1 fully saturated rings. The molecular weight excluding hydrogens is 412 g/mol. The molecule has 1 amide bonds. The number of carbonyl (C=O) groups excluding carboxylic acids is 1. The van der Waals surface area contributed by atoms with Crippen LogP contribution in [0.3, 0.4) is 0 Å². The number of amides is 1. The number of nitrogens with one attached hydrogen (secondary N) is 1. The molecule has 7 nitrogen and oxygen atoms in total. The molecule has 2 aromatic carbocycles. The molecule has 0 bridgehead atoms. The Hall–Kier alpha value is -3.52. The van der Waals surface area contributed by atoms with Crippen LogP contribution in [0.2, 0.25) is 0 Å². The van der Waals surface area contributed by atoms with Crippen molar-refractivity contribution in [1.29, 1.82) is 0 Å². The zero-order valence-corrected chi connectivity index (χ0v) is 17.8. The van der Waals surface area contributed by atoms with E-state index in [0.29, 0.717) is 24.2 Å². The van der Waals surface area contributed by atoms with Crippen molar-refractivity contribution in [3.63, 3.8) is 0 Å². The Balaban J connectivity index is 1.65. The van der Waals surface area contributed by atoms with Gasteiger partial charge in [0.1, 0.15) is 0 Å². The number of likely N-dealkylation sites (tertiary alicyclic amines) is 1. The number of benzene rings is 2. The molecule has 1 unspecified atom stereocenters. The summed E-state index contributed by atoms with van der Waals surface area (Å²) in [5, 5.41) is 4.23. The Morgan fingerprint density at radius 1 is 1.06 bits per heavy atom. The summed E-state index contributed by atoms with van der Waals surface area (Å²) in [4.78, 5) is 21.5. The van der Waals surface area contributed by atoms with Gasteiger partial charge in [0, 0.05) is 30.9 Å². The molecule has 0 radical (unpaired) electrons. The number of nitrogens with zero attached hydrogens (tertiary/aromatic N) is 3. The fourth-order valence-corrected chi connectivity index (χ4v) is 4.40. The maximum absolute atomic E-state index is 13.1. The molecule has 2 heterocycles. The zero-order chi connectivity index (χ0) is 21.8. The van der Waals surface area contributed by atoms with E-state index >= 15 is 0 Å². The SMILES string of the molecule is Cc1ccc(S(=O)(=O)N/N=C2\CCN(C(=O)c3ccccc3)C2c2cccnc2)cc1. The molecule has 1 aliphatic rings. The van der Waals surface area contributed by atoms with Gasteiger partial charge in [-0.3, -0.25) is 9.78 Å². The molecule has 1 N–H and O–H groups in total. The Morgan fingerprint density at radius 2 is 1.81 bits per heavy atom. The molecule has 8 heteroatoms. The van der Waals surface area contributed by atoms with Crippen LogP contribution in [0.25, 0.3) is 0 Å². The highest BCUT2D eigenvalue weighted by atomic mass is 32.2. The van der Waals surface area contributed by atoms with Gasteiger partial charge in [-0.15, -0.1) is 0 Å². The second-order valence-corrected chi connectivity index (χ2v) is 8.98. The minimum absolute atomic E-state index is 0.135. The lowest BCUT2D eigenvalue weighted by atomic mass is 10.0. The van der Waals surface area contributed by atoms with Crippen LogP contribution in [0.15, 0.2) is 89.1 Å². The lowest BCUT2D eigenvalue weighted by molar-refractivity contribution is 0.0752. The number of carbonyl (C=O) groups is 1. The molecule has 0 spiro atoms. The van der Waals surface area contributed by atoms with Crippen LogP contribution in [-0.2, 0) is 10.0 Å². The number of aryl methyl sites for hydroxylation is 1. The monoisotopic (exact) mass is 434 g/mol. The highest BCUT2D eigenvalue weighted by molar-refractivity contribution is 7.89. The normalized spacial score (nSPS) is 17.6. The summed E-state index contributed by atoms with van der Waals surface area (Å²) < 4.78 is 25.3. The predicted molar refractivity (Wildman–Crippen MR) is 118 cm³/mol. The van der Waals surface area contributed by atoms with Gasteiger partial charge in [-0.05, 0) is 42.8 Å². The summed E-state index contributed by atoms with van der Waals surface area (Å²) in [6, 6.07) is 18.7. The van der Waals surface area contributed by atoms with E-state index in [1.165, 1.54) is 12.1 Å². The van der Waals surface area contributed by atoms with Gasteiger partial charge in [-0.25, -0.2) is 4.83 Å². The lowest BCUT2D eigenvalue weighted by Crippen LogP contribution is -2.33. The summed E-state index contributed by atoms with van der Waals surface area (Å²) in [6.45, 7) is 2.32. The van der Waals surface area contributed by atoms with Crippen molar-refractivity contribution in [3.05, 3.63) is 95.8 Å². The van der Waals surface area contributed by atoms with Gasteiger partial charge in [0.05, 0.1) is 16.6 Å². The second kappa shape index (κ2) is 8.69. The molecule has 4 rings (SSSR count). The van der Waals surface area contributed by atoms with Crippen LogP contribution in [0.5, 0.6) is 0 Å². The first kappa shape index (κ1) is 20.7. The van der Waals surface area contributed by atoms with Crippen LogP contribution in [0.4, 0.5) is 0 Å². The van der Waals surface area contributed by atoms with Crippen molar-refractivity contribution in [2.75, 3.05) is 6.54 Å². The Labute approximate surface area is 181 Å². The number of aromatic nitrogens is 1. The molecule has 1 aliphatic heterocycles. The van der Waals surface area contributed by atoms with Gasteiger partial charge in [0.25, 0.3) is 15.9 Å². The molecule has 1 aromatic heterocycles. The van der Waals surface area contributed by atoms with Crippen LogP contribution in [0.1, 0.15) is 33.9 Å². The smallest absolute Gasteiger partial charge is 0.276 e. The summed E-state index contributed by atoms with van der Waals surface area (Å²) >= 11 is 0. The Bertz CT molecular complexity index is 1190. The average Bonchev–Trinajstić information content (AvgIpc) is 3.23. The number of sulfonamides is 1. The largest absolute Gasteiger partial charge is 0.326 e. The van der Waals surface area contributed by atoms with E-state index in [9.17, 15) is 13.2 Å². The molecule has 1 saturated heterocycles. The summed E-state index contributed by atoms with van der Waals surface area (Å²) in [5.74, 6) is -0.138. The van der Waals surface area contributed by atoms with E-state index in [-0.39, 0.29) is 10.8 Å². The van der Waals surface area contributed by atoms with Crippen molar-refractivity contribution < 1.29 is 13.2 Å². The van der Waals surface area contributed by atoms with E-state index in [2.05, 4.69) is 14.9 Å². The molecular formula is C23H22N4O3S. The highest BCUT2D eigenvalue weighted by Gasteiger charge is 2.36. The van der Waals surface area contributed by atoms with Gasteiger partial charge in [0.2, 0.25) is 0 Å². The fraction of sp³-hybridized carbons (Fsp3) is 0.174. The average molecular weight is 435 g/mol. The van der Waals surface area contributed by atoms with Crippen molar-refractivity contribution in [1.82, 2.24) is 14.7 Å². The maximum atomic E-state index is 13.1. The molecule has 31 heavy (non-hydrogen) atoms. The third kappa shape index (κ3) is 4.49. The Morgan fingerprint density at radius 3 is 2.48 bits per heavy atom. The minimum Gasteiger partial charge on any atom is -0.326 e. The molecule has 0 saturated carbocycles. The van der Waals surface area contributed by atoms with E-state index in [4.69, 9.17) is 0 Å². The van der Waals surface area contributed by atoms with Crippen LogP contribution in [-0.4, -0.2) is 36.5 Å². The number of hydrogen-bond donors (Lipinski definition) is 1. The van der Waals surface area contributed by atoms with Gasteiger partial charge >= 0.3 is 0 Å². The van der Waals surface area contributed by atoms with Gasteiger partial charge in [-0.2, -0.15) is 13.5 Å². The third-order valence-corrected chi connectivity index (χ3v) is 6.38. The topological polar surface area (TPSA) is 91.7 Å². The van der Waals surface area contributed by atoms with Crippen molar-refractivity contribution in [3.8, 4) is 0 Å². The number of hydrazone groups is 1. The van der Waals surface area contributed by atoms with Gasteiger partial charge in [0.15, 0.2) is 0 Å². The molecule has 0 aliphatic carbocycles. The molecule has 3 aromatic rings. The first-order valence-corrected chi connectivity index (χ1v) is 11.3. The minimum atomic E-state index is -3.82. The fourth-order valence-electron chi connectivity index (χ4n) is 3.56. The number of rotatable bonds is 5. The van der Waals surface area contributed by atoms with Crippen LogP contribution >= 0.6 is 0 Å². The summed E-state index contributed by atoms with van der Waals surface area (Å²) in [7, 11) is -3.82. The summed E-state index contributed by atoms with van der Waals surface area (Å²) in [6.07, 6.45) is 3.78. The van der Waals surface area contributed by atoms with Crippen molar-refractivity contribution in [2.24, 2.45) is 5.10 Å². The quantitative estimate of drug-likeness (QED) is 0.624. The second-order valence-electron chi connectivity index (χ2n) is 7.31. The van der Waals surface area contributed by atoms with E-state index in [1.54, 1.807) is 47.6 Å². The van der Waals surface area contributed by atoms with Crippen molar-refractivity contribution >= 4 is 21.6 Å². The Kier molecular flexibility index (Phi) is 5.81. The third-order valence-electron chi connectivity index (χ3n) is 5.16. The first-order valence-electron chi connectivity index (χ1n) is 9.86. The standard InChI is InChI=1S/C23H22N4O3S/c1-17-9-11-20(12-10-17)31(29,30)26-25-21-13-15-27(22(21)19-8-5-14-24-16-19)23(28)18-6-3-2-4-7-18/h2-12,14,16,22,26H,13,15H2,1H3/b25-21+. The molecule has 1 atom stereocenters. The van der Waals surface area contributed by atoms with Crippen molar-refractivity contribution in [2.45, 2.75) is 24.3 Å². The van der Waals surface area contributed by atoms with Gasteiger partial charge in [-0.1, -0.05) is 42.0 Å². The number of pyridine rings is 1. The maximum Gasteiger partial charge on any atom is 0.276 e. The zero-order valence-electron chi connectivity index (χ0n) is 17.0. The van der Waals surface area contributed by atoms with E-state index in [0.717, 1.165) is 11.1 Å². The van der Waals surface area contributed by atoms with Crippen LogP contribution < -0.4 is 4.83 Å². The highest BCUT2D eigenvalue weighted by Crippen LogP contribution is 2.31.